The van der Waals surface area contributed by atoms with Crippen molar-refractivity contribution in [1.82, 2.24) is 21.0 Å². The van der Waals surface area contributed by atoms with Gasteiger partial charge in [0.2, 0.25) is 0 Å². The fourth-order valence-corrected chi connectivity index (χ4v) is 2.48. The number of carbonyl (C=O) groups is 3. The second-order valence-corrected chi connectivity index (χ2v) is 5.66. The highest BCUT2D eigenvalue weighted by Gasteiger charge is 2.35. The van der Waals surface area contributed by atoms with Crippen molar-refractivity contribution in [3.05, 3.63) is 54.0 Å². The van der Waals surface area contributed by atoms with Gasteiger partial charge in [0.1, 0.15) is 17.6 Å². The molecule has 1 radical (unpaired) electrons. The van der Waals surface area contributed by atoms with Crippen LogP contribution in [0.1, 0.15) is 17.4 Å². The number of hydrazone groups is 1. The van der Waals surface area contributed by atoms with Crippen molar-refractivity contribution in [1.29, 1.82) is 0 Å². The molecule has 5 amide bonds. The molecule has 3 N–H and O–H groups in total. The van der Waals surface area contributed by atoms with Crippen LogP contribution in [0.5, 0.6) is 5.75 Å². The average Bonchev–Trinajstić information content (AvgIpc) is 3.28. The molecule has 3 rings (SSSR count). The summed E-state index contributed by atoms with van der Waals surface area (Å²) >= 11 is 0. The number of rotatable bonds is 5. The molecule has 10 heteroatoms. The van der Waals surface area contributed by atoms with Crippen molar-refractivity contribution in [3.63, 3.8) is 0 Å². The van der Waals surface area contributed by atoms with Gasteiger partial charge in [-0.3, -0.25) is 10.5 Å². The number of hydrogen-bond donors (Lipinski definition) is 2. The van der Waals surface area contributed by atoms with Crippen LogP contribution < -0.4 is 11.1 Å². The summed E-state index contributed by atoms with van der Waals surface area (Å²) in [5.41, 5.74) is 7.68. The summed E-state index contributed by atoms with van der Waals surface area (Å²) in [6, 6.07) is 6.12. The number of amides is 5. The summed E-state index contributed by atoms with van der Waals surface area (Å²) in [5, 5.41) is 16.8. The Balaban J connectivity index is 1.67. The van der Waals surface area contributed by atoms with Gasteiger partial charge in [-0.25, -0.2) is 19.5 Å². The van der Waals surface area contributed by atoms with E-state index in [4.69, 9.17) is 10.2 Å². The minimum Gasteiger partial charge on any atom is -0.508 e. The van der Waals surface area contributed by atoms with Crippen molar-refractivity contribution in [2.45, 2.75) is 6.04 Å². The van der Waals surface area contributed by atoms with Gasteiger partial charge in [0.15, 0.2) is 0 Å². The smallest absolute Gasteiger partial charge is 0.348 e. The number of hydrogen-bond acceptors (Lipinski definition) is 6. The van der Waals surface area contributed by atoms with E-state index in [-0.39, 0.29) is 18.8 Å². The predicted molar refractivity (Wildman–Crippen MR) is 92.6 cm³/mol. The zero-order chi connectivity index (χ0) is 19.4. The molecule has 27 heavy (non-hydrogen) atoms. The zero-order valence-electron chi connectivity index (χ0n) is 14.0. The Bertz CT molecular complexity index is 862. The Morgan fingerprint density at radius 3 is 2.63 bits per heavy atom. The van der Waals surface area contributed by atoms with Crippen molar-refractivity contribution < 1.29 is 23.9 Å². The highest BCUT2D eigenvalue weighted by molar-refractivity contribution is 5.97. The largest absolute Gasteiger partial charge is 0.508 e. The van der Waals surface area contributed by atoms with Gasteiger partial charge < -0.3 is 14.8 Å². The van der Waals surface area contributed by atoms with E-state index in [0.29, 0.717) is 11.3 Å². The number of imide groups is 1. The first-order valence-electron chi connectivity index (χ1n) is 7.97. The third kappa shape index (κ3) is 4.06. The van der Waals surface area contributed by atoms with Crippen LogP contribution in [0.3, 0.4) is 0 Å². The van der Waals surface area contributed by atoms with E-state index < -0.39 is 24.0 Å². The molecule has 1 aromatic heterocycles. The average molecular weight is 370 g/mol. The van der Waals surface area contributed by atoms with Gasteiger partial charge in [-0.15, -0.1) is 0 Å². The number of aromatic hydroxyl groups is 1. The van der Waals surface area contributed by atoms with Gasteiger partial charge in [0.25, 0.3) is 5.91 Å². The van der Waals surface area contributed by atoms with E-state index in [1.54, 1.807) is 12.1 Å². The maximum Gasteiger partial charge on any atom is 0.348 e. The second-order valence-electron chi connectivity index (χ2n) is 5.66. The summed E-state index contributed by atoms with van der Waals surface area (Å²) in [7, 11) is 0. The number of urea groups is 2. The second kappa shape index (κ2) is 7.60. The number of nitrogens with zero attached hydrogens (tertiary/aromatic N) is 3. The van der Waals surface area contributed by atoms with Crippen LogP contribution in [0, 0.1) is 0 Å². The molecule has 10 nitrogen and oxygen atoms in total. The van der Waals surface area contributed by atoms with Crippen molar-refractivity contribution in [3.8, 4) is 5.75 Å². The van der Waals surface area contributed by atoms with E-state index in [2.05, 4.69) is 10.4 Å². The highest BCUT2D eigenvalue weighted by atomic mass is 16.3. The van der Waals surface area contributed by atoms with Crippen LogP contribution in [0.25, 0.3) is 0 Å². The molecule has 0 bridgehead atoms. The maximum atomic E-state index is 12.4. The first-order valence-corrected chi connectivity index (χ1v) is 7.97. The molecule has 0 saturated carbocycles. The Morgan fingerprint density at radius 1 is 1.26 bits per heavy atom. The number of nitrogens with one attached hydrogen (secondary N) is 2. The Hall–Kier alpha value is -3.82. The molecule has 1 aromatic carbocycles. The van der Waals surface area contributed by atoms with Gasteiger partial charge in [-0.1, -0.05) is 12.1 Å². The van der Waals surface area contributed by atoms with Crippen LogP contribution in [-0.4, -0.2) is 52.3 Å². The molecule has 139 valence electrons. The summed E-state index contributed by atoms with van der Waals surface area (Å²) < 4.78 is 5.08. The molecule has 1 fully saturated rings. The minimum atomic E-state index is -1.26. The fraction of sp³-hybridized carbons (Fsp3) is 0.176. The number of phenolic OH excluding ortho intramolecular Hbond substituents is 1. The van der Waals surface area contributed by atoms with Gasteiger partial charge >= 0.3 is 12.1 Å². The number of phenols is 1. The molecule has 0 aliphatic carbocycles. The number of carbonyl (C=O) groups excluding carboxylic acids is 3. The molecular formula is C17H16N5O5. The lowest BCUT2D eigenvalue weighted by Gasteiger charge is -2.20. The molecule has 2 aromatic rings. The fourth-order valence-electron chi connectivity index (χ4n) is 2.48. The van der Waals surface area contributed by atoms with Gasteiger partial charge in [-0.2, -0.15) is 5.10 Å². The summed E-state index contributed by atoms with van der Waals surface area (Å²) in [5.74, 6) is -0.604. The third-order valence-electron chi connectivity index (χ3n) is 3.86. The van der Waals surface area contributed by atoms with Crippen molar-refractivity contribution in [2.75, 3.05) is 13.1 Å². The SMILES string of the molecule is [NH]C(=O)C(NC(=O)N1CCN(N=Cc2ccco2)C1=O)c1ccc(O)cc1. The minimum absolute atomic E-state index is 0.0129. The molecule has 2 heterocycles. The van der Waals surface area contributed by atoms with Crippen LogP contribution in [0.2, 0.25) is 0 Å². The third-order valence-corrected chi connectivity index (χ3v) is 3.86. The van der Waals surface area contributed by atoms with Gasteiger partial charge in [0, 0.05) is 0 Å². The molecule has 1 aliphatic heterocycles. The van der Waals surface area contributed by atoms with E-state index in [0.717, 1.165) is 9.91 Å². The standard InChI is InChI=1S/C17H16N5O5/c18-15(24)14(11-3-5-12(23)6-4-11)20-16(25)21-7-8-22(17(21)26)19-10-13-2-1-9-27-13/h1-6,9-10,14,18,23H,7-8H2,(H,20,25). The molecule has 1 unspecified atom stereocenters. The molecule has 0 spiro atoms. The lowest BCUT2D eigenvalue weighted by atomic mass is 10.1. The number of furan rings is 1. The van der Waals surface area contributed by atoms with E-state index >= 15 is 0 Å². The topological polar surface area (TPSA) is 139 Å². The van der Waals surface area contributed by atoms with Crippen LogP contribution in [-0.2, 0) is 4.79 Å². The lowest BCUT2D eigenvalue weighted by Crippen LogP contribution is -2.45. The van der Waals surface area contributed by atoms with E-state index in [1.165, 1.54) is 36.7 Å². The monoisotopic (exact) mass is 370 g/mol. The maximum absolute atomic E-state index is 12.4. The first kappa shape index (κ1) is 18.0. The first-order chi connectivity index (χ1) is 13.0. The van der Waals surface area contributed by atoms with Crippen molar-refractivity contribution >= 4 is 24.2 Å². The van der Waals surface area contributed by atoms with Gasteiger partial charge in [0.05, 0.1) is 25.6 Å². The predicted octanol–water partition coefficient (Wildman–Crippen LogP) is 1.32. The van der Waals surface area contributed by atoms with E-state index in [9.17, 15) is 19.5 Å². The van der Waals surface area contributed by atoms with Crippen LogP contribution >= 0.6 is 0 Å². The molecular weight excluding hydrogens is 354 g/mol. The summed E-state index contributed by atoms with van der Waals surface area (Å²) in [6.45, 7) is 0.261. The normalized spacial score (nSPS) is 15.3. The molecule has 1 saturated heterocycles. The van der Waals surface area contributed by atoms with Crippen LogP contribution in [0.4, 0.5) is 9.59 Å². The quantitative estimate of drug-likeness (QED) is 0.764. The summed E-state index contributed by atoms with van der Waals surface area (Å²) in [6.07, 6.45) is 2.82. The Morgan fingerprint density at radius 2 is 2.00 bits per heavy atom. The van der Waals surface area contributed by atoms with Crippen LogP contribution in [0.15, 0.2) is 52.2 Å². The summed E-state index contributed by atoms with van der Waals surface area (Å²) in [4.78, 5) is 37.2. The lowest BCUT2D eigenvalue weighted by molar-refractivity contribution is -0.120. The zero-order valence-corrected chi connectivity index (χ0v) is 14.0. The number of benzene rings is 1. The molecule has 1 atom stereocenters. The van der Waals surface area contributed by atoms with Gasteiger partial charge in [-0.05, 0) is 29.8 Å². The Labute approximate surface area is 153 Å². The molecule has 1 aliphatic rings. The van der Waals surface area contributed by atoms with Crippen molar-refractivity contribution in [2.24, 2.45) is 5.10 Å². The van der Waals surface area contributed by atoms with E-state index in [1.807, 2.05) is 0 Å². The highest BCUT2D eigenvalue weighted by Crippen LogP contribution is 2.18. The Kier molecular flexibility index (Phi) is 5.06.